The van der Waals surface area contributed by atoms with Gasteiger partial charge in [-0.3, -0.25) is 14.6 Å². The molecule has 3 rings (SSSR count). The van der Waals surface area contributed by atoms with Gasteiger partial charge in [0, 0.05) is 38.4 Å². The first-order valence-corrected chi connectivity index (χ1v) is 8.31. The minimum absolute atomic E-state index is 0.0222. The number of amides is 2. The van der Waals surface area contributed by atoms with E-state index in [1.54, 1.807) is 35.5 Å². The summed E-state index contributed by atoms with van der Waals surface area (Å²) in [6, 6.07) is 10.2. The zero-order valence-corrected chi connectivity index (χ0v) is 13.8. The first-order chi connectivity index (χ1) is 12.1. The predicted molar refractivity (Wildman–Crippen MR) is 90.9 cm³/mol. The fraction of sp³-hybridized carbons (Fsp3) is 0.316. The molecule has 0 bridgehead atoms. The fourth-order valence-corrected chi connectivity index (χ4v) is 2.98. The number of hydrogen-bond acceptors (Lipinski definition) is 3. The number of pyridine rings is 1. The van der Waals surface area contributed by atoms with Crippen molar-refractivity contribution in [3.05, 3.63) is 65.7 Å². The second-order valence-corrected chi connectivity index (χ2v) is 6.16. The summed E-state index contributed by atoms with van der Waals surface area (Å²) in [5, 5.41) is 2.81. The predicted octanol–water partition coefficient (Wildman–Crippen LogP) is 1.93. The van der Waals surface area contributed by atoms with Gasteiger partial charge in [0.25, 0.3) is 0 Å². The average Bonchev–Trinajstić information content (AvgIpc) is 2.98. The fourth-order valence-electron chi connectivity index (χ4n) is 2.98. The van der Waals surface area contributed by atoms with Crippen LogP contribution in [0.5, 0.6) is 0 Å². The number of carbonyl (C=O) groups is 2. The van der Waals surface area contributed by atoms with Crippen molar-refractivity contribution in [3.63, 3.8) is 0 Å². The number of aromatic nitrogens is 1. The topological polar surface area (TPSA) is 62.3 Å². The molecule has 1 N–H and O–H groups in total. The number of nitrogens with zero attached hydrogens (tertiary/aromatic N) is 2. The molecule has 130 valence electrons. The van der Waals surface area contributed by atoms with E-state index in [1.807, 2.05) is 12.1 Å². The van der Waals surface area contributed by atoms with Crippen molar-refractivity contribution in [2.45, 2.75) is 19.4 Å². The van der Waals surface area contributed by atoms with Crippen molar-refractivity contribution in [3.8, 4) is 0 Å². The number of benzene rings is 1. The van der Waals surface area contributed by atoms with Gasteiger partial charge in [0.2, 0.25) is 11.8 Å². The summed E-state index contributed by atoms with van der Waals surface area (Å²) < 4.78 is 13.6. The van der Waals surface area contributed by atoms with Gasteiger partial charge in [0.05, 0.1) is 5.92 Å². The highest BCUT2D eigenvalue weighted by molar-refractivity contribution is 5.89. The van der Waals surface area contributed by atoms with Crippen LogP contribution < -0.4 is 5.32 Å². The molecule has 1 aliphatic rings. The summed E-state index contributed by atoms with van der Waals surface area (Å²) in [6.07, 6.45) is 4.02. The van der Waals surface area contributed by atoms with Crippen molar-refractivity contribution >= 4 is 11.8 Å². The molecule has 0 aliphatic carbocycles. The molecule has 2 heterocycles. The Balaban J connectivity index is 1.48. The zero-order chi connectivity index (χ0) is 17.6. The van der Waals surface area contributed by atoms with Crippen LogP contribution in [0.3, 0.4) is 0 Å². The number of rotatable bonds is 6. The van der Waals surface area contributed by atoms with E-state index >= 15 is 0 Å². The monoisotopic (exact) mass is 341 g/mol. The molecule has 1 saturated heterocycles. The van der Waals surface area contributed by atoms with Crippen LogP contribution >= 0.6 is 0 Å². The van der Waals surface area contributed by atoms with Crippen LogP contribution in [0.15, 0.2) is 48.8 Å². The molecule has 6 heteroatoms. The first-order valence-electron chi connectivity index (χ1n) is 8.31. The maximum absolute atomic E-state index is 13.6. The van der Waals surface area contributed by atoms with Crippen molar-refractivity contribution < 1.29 is 14.0 Å². The van der Waals surface area contributed by atoms with Crippen molar-refractivity contribution in [2.24, 2.45) is 5.92 Å². The Hall–Kier alpha value is -2.76. The van der Waals surface area contributed by atoms with Gasteiger partial charge < -0.3 is 10.2 Å². The number of carbonyl (C=O) groups excluding carboxylic acids is 2. The van der Waals surface area contributed by atoms with Gasteiger partial charge in [0.1, 0.15) is 5.82 Å². The SMILES string of the molecule is O=C(NCCc1ccccc1F)[C@@H]1CC(=O)N(Cc2ccncc2)C1. The smallest absolute Gasteiger partial charge is 0.225 e. The minimum atomic E-state index is -0.352. The molecule has 2 amide bonds. The van der Waals surface area contributed by atoms with E-state index in [9.17, 15) is 14.0 Å². The molecule has 0 spiro atoms. The quantitative estimate of drug-likeness (QED) is 0.873. The maximum Gasteiger partial charge on any atom is 0.225 e. The molecule has 25 heavy (non-hydrogen) atoms. The van der Waals surface area contributed by atoms with Gasteiger partial charge in [-0.2, -0.15) is 0 Å². The van der Waals surface area contributed by atoms with E-state index in [4.69, 9.17) is 0 Å². The lowest BCUT2D eigenvalue weighted by Crippen LogP contribution is -2.34. The van der Waals surface area contributed by atoms with Gasteiger partial charge in [-0.15, -0.1) is 0 Å². The molecule has 1 aromatic heterocycles. The molecule has 1 aromatic carbocycles. The minimum Gasteiger partial charge on any atom is -0.355 e. The van der Waals surface area contributed by atoms with Crippen LogP contribution in [0.25, 0.3) is 0 Å². The second-order valence-electron chi connectivity index (χ2n) is 6.16. The first kappa shape index (κ1) is 17.1. The molecule has 2 aromatic rings. The summed E-state index contributed by atoms with van der Waals surface area (Å²) >= 11 is 0. The Labute approximate surface area is 145 Å². The summed E-state index contributed by atoms with van der Waals surface area (Å²) in [6.45, 7) is 1.25. The lowest BCUT2D eigenvalue weighted by molar-refractivity contribution is -0.129. The third kappa shape index (κ3) is 4.41. The van der Waals surface area contributed by atoms with Crippen LogP contribution in [-0.2, 0) is 22.6 Å². The van der Waals surface area contributed by atoms with Gasteiger partial charge in [-0.25, -0.2) is 4.39 Å². The van der Waals surface area contributed by atoms with Gasteiger partial charge in [-0.1, -0.05) is 18.2 Å². The molecule has 1 fully saturated rings. The summed E-state index contributed by atoms with van der Waals surface area (Å²) in [4.78, 5) is 30.0. The number of hydrogen-bond donors (Lipinski definition) is 1. The van der Waals surface area contributed by atoms with Crippen molar-refractivity contribution in [1.82, 2.24) is 15.2 Å². The van der Waals surface area contributed by atoms with Gasteiger partial charge in [0.15, 0.2) is 0 Å². The van der Waals surface area contributed by atoms with Crippen molar-refractivity contribution in [2.75, 3.05) is 13.1 Å². The second kappa shape index (κ2) is 7.88. The van der Waals surface area contributed by atoms with Crippen LogP contribution in [0.4, 0.5) is 4.39 Å². The van der Waals surface area contributed by atoms with E-state index in [1.165, 1.54) is 6.07 Å². The van der Waals surface area contributed by atoms with Crippen LogP contribution in [0, 0.1) is 11.7 Å². The molecule has 1 atom stereocenters. The van der Waals surface area contributed by atoms with Gasteiger partial charge in [-0.05, 0) is 35.7 Å². The molecule has 5 nitrogen and oxygen atoms in total. The highest BCUT2D eigenvalue weighted by atomic mass is 19.1. The number of likely N-dealkylation sites (tertiary alicyclic amines) is 1. The summed E-state index contributed by atoms with van der Waals surface area (Å²) in [5.41, 5.74) is 1.56. The van der Waals surface area contributed by atoms with Crippen LogP contribution in [0.2, 0.25) is 0 Å². The Bertz CT molecular complexity index is 751. The van der Waals surface area contributed by atoms with E-state index in [0.29, 0.717) is 31.6 Å². The van der Waals surface area contributed by atoms with E-state index in [-0.39, 0.29) is 30.0 Å². The largest absolute Gasteiger partial charge is 0.355 e. The summed E-state index contributed by atoms with van der Waals surface area (Å²) in [5.74, 6) is -0.792. The Kier molecular flexibility index (Phi) is 5.38. The number of halogens is 1. The van der Waals surface area contributed by atoms with Crippen LogP contribution in [-0.4, -0.2) is 34.8 Å². The van der Waals surface area contributed by atoms with E-state index in [0.717, 1.165) is 5.56 Å². The highest BCUT2D eigenvalue weighted by Gasteiger charge is 2.33. The van der Waals surface area contributed by atoms with Crippen LogP contribution in [0.1, 0.15) is 17.5 Å². The van der Waals surface area contributed by atoms with Gasteiger partial charge >= 0.3 is 0 Å². The van der Waals surface area contributed by atoms with E-state index in [2.05, 4.69) is 10.3 Å². The Morgan fingerprint density at radius 2 is 2.00 bits per heavy atom. The highest BCUT2D eigenvalue weighted by Crippen LogP contribution is 2.20. The third-order valence-corrected chi connectivity index (χ3v) is 4.36. The third-order valence-electron chi connectivity index (χ3n) is 4.36. The Morgan fingerprint density at radius 1 is 1.24 bits per heavy atom. The number of nitrogens with one attached hydrogen (secondary N) is 1. The van der Waals surface area contributed by atoms with Crippen molar-refractivity contribution in [1.29, 1.82) is 0 Å². The van der Waals surface area contributed by atoms with E-state index < -0.39 is 0 Å². The molecule has 0 radical (unpaired) electrons. The molecular formula is C19H20FN3O2. The lowest BCUT2D eigenvalue weighted by Gasteiger charge is -2.16. The standard InChI is InChI=1S/C19H20FN3O2/c20-17-4-2-1-3-15(17)7-10-22-19(25)16-11-18(24)23(13-16)12-14-5-8-21-9-6-14/h1-6,8-9,16H,7,10-13H2,(H,22,25)/t16-/m1/s1. The molecule has 1 aliphatic heterocycles. The average molecular weight is 341 g/mol. The zero-order valence-electron chi connectivity index (χ0n) is 13.8. The summed E-state index contributed by atoms with van der Waals surface area (Å²) in [7, 11) is 0. The molecule has 0 unspecified atom stereocenters. The molecular weight excluding hydrogens is 321 g/mol. The molecule has 0 saturated carbocycles. The normalized spacial score (nSPS) is 16.9. The maximum atomic E-state index is 13.6. The Morgan fingerprint density at radius 3 is 2.76 bits per heavy atom. The lowest BCUT2D eigenvalue weighted by atomic mass is 10.1.